The second kappa shape index (κ2) is 13.6. The maximum absolute atomic E-state index is 13.6. The van der Waals surface area contributed by atoms with Gasteiger partial charge in [-0.2, -0.15) is 0 Å². The van der Waals surface area contributed by atoms with E-state index >= 15 is 0 Å². The topological polar surface area (TPSA) is 69.1 Å². The van der Waals surface area contributed by atoms with Gasteiger partial charge >= 0.3 is 0 Å². The first kappa shape index (κ1) is 26.3. The number of para-hydroxylation sites is 1. The Hall–Kier alpha value is -1.91. The number of nitrogens with one attached hydrogen (secondary N) is 2. The number of rotatable bonds is 9. The minimum atomic E-state index is -0.398. The summed E-state index contributed by atoms with van der Waals surface area (Å²) in [7, 11) is 1.71. The summed E-state index contributed by atoms with van der Waals surface area (Å²) in [5.74, 6) is 1.20. The Kier molecular flexibility index (Phi) is 11.2. The number of ether oxygens (including phenoxy) is 1. The molecule has 8 heteroatoms. The third-order valence-electron chi connectivity index (χ3n) is 5.59. The van der Waals surface area contributed by atoms with E-state index in [1.165, 1.54) is 24.5 Å². The molecule has 176 valence electrons. The molecule has 0 aromatic heterocycles. The van der Waals surface area contributed by atoms with Gasteiger partial charge in [-0.15, -0.1) is 24.0 Å². The summed E-state index contributed by atoms with van der Waals surface area (Å²) < 4.78 is 19.3. The van der Waals surface area contributed by atoms with E-state index < -0.39 is 5.82 Å². The minimum absolute atomic E-state index is 0. The van der Waals surface area contributed by atoms with Crippen LogP contribution >= 0.6 is 24.0 Å². The molecular weight excluding hydrogens is 522 g/mol. The van der Waals surface area contributed by atoms with Crippen LogP contribution in [0.4, 0.5) is 4.39 Å². The molecule has 3 N–H and O–H groups in total. The number of aliphatic hydroxyl groups is 1. The summed E-state index contributed by atoms with van der Waals surface area (Å²) >= 11 is 0. The third kappa shape index (κ3) is 7.05. The molecule has 0 spiro atoms. The quantitative estimate of drug-likeness (QED) is 0.249. The third-order valence-corrected chi connectivity index (χ3v) is 5.59. The van der Waals surface area contributed by atoms with Gasteiger partial charge in [-0.3, -0.25) is 4.90 Å². The second-order valence-electron chi connectivity index (χ2n) is 7.66. The molecule has 1 aliphatic rings. The Morgan fingerprint density at radius 3 is 2.62 bits per heavy atom. The number of guanidine groups is 1. The van der Waals surface area contributed by atoms with E-state index in [2.05, 4.69) is 26.6 Å². The number of hydrogen-bond donors (Lipinski definition) is 3. The van der Waals surface area contributed by atoms with Crippen molar-refractivity contribution in [2.24, 2.45) is 4.99 Å². The van der Waals surface area contributed by atoms with Crippen LogP contribution in [-0.2, 0) is 13.2 Å². The van der Waals surface area contributed by atoms with Gasteiger partial charge in [0.2, 0.25) is 0 Å². The Morgan fingerprint density at radius 1 is 1.19 bits per heavy atom. The van der Waals surface area contributed by atoms with Crippen molar-refractivity contribution >= 4 is 29.9 Å². The SMILES string of the molecule is CCNC(=NCc1ccc(F)c(CO)c1)NCC(c1ccccc1OC)N1CCCC1.I. The molecule has 32 heavy (non-hydrogen) atoms. The second-order valence-corrected chi connectivity index (χ2v) is 7.66. The van der Waals surface area contributed by atoms with Crippen LogP contribution in [0.15, 0.2) is 47.5 Å². The number of halogens is 2. The van der Waals surface area contributed by atoms with Crippen LogP contribution in [-0.4, -0.2) is 49.3 Å². The molecule has 0 saturated carbocycles. The molecule has 1 unspecified atom stereocenters. The lowest BCUT2D eigenvalue weighted by Crippen LogP contribution is -2.42. The smallest absolute Gasteiger partial charge is 0.191 e. The van der Waals surface area contributed by atoms with E-state index in [0.29, 0.717) is 19.0 Å². The lowest BCUT2D eigenvalue weighted by Gasteiger charge is -2.30. The van der Waals surface area contributed by atoms with E-state index in [1.807, 2.05) is 25.1 Å². The number of benzene rings is 2. The molecule has 2 aromatic rings. The van der Waals surface area contributed by atoms with Crippen LogP contribution in [0.2, 0.25) is 0 Å². The summed E-state index contributed by atoms with van der Waals surface area (Å²) in [5.41, 5.74) is 2.31. The largest absolute Gasteiger partial charge is 0.496 e. The Morgan fingerprint density at radius 2 is 1.94 bits per heavy atom. The summed E-state index contributed by atoms with van der Waals surface area (Å²) in [6, 6.07) is 13.1. The Labute approximate surface area is 207 Å². The zero-order valence-electron chi connectivity index (χ0n) is 18.8. The number of aliphatic hydroxyl groups excluding tert-OH is 1. The van der Waals surface area contributed by atoms with E-state index in [4.69, 9.17) is 4.74 Å². The van der Waals surface area contributed by atoms with Crippen molar-refractivity contribution in [2.75, 3.05) is 33.3 Å². The molecule has 1 saturated heterocycles. The van der Waals surface area contributed by atoms with Crippen molar-refractivity contribution in [1.82, 2.24) is 15.5 Å². The molecule has 3 rings (SSSR count). The van der Waals surface area contributed by atoms with Gasteiger partial charge in [-0.1, -0.05) is 24.3 Å². The van der Waals surface area contributed by atoms with Gasteiger partial charge in [0.25, 0.3) is 0 Å². The van der Waals surface area contributed by atoms with E-state index in [0.717, 1.165) is 30.9 Å². The molecule has 0 radical (unpaired) electrons. The standard InChI is InChI=1S/C24H33FN4O2.HI/c1-3-26-24(27-15-18-10-11-21(25)19(14-18)17-30)28-16-22(29-12-6-7-13-29)20-8-4-5-9-23(20)31-2;/h4-5,8-11,14,22,30H,3,6-7,12-13,15-17H2,1-2H3,(H2,26,27,28);1H. The highest BCUT2D eigenvalue weighted by molar-refractivity contribution is 14.0. The molecule has 2 aromatic carbocycles. The maximum Gasteiger partial charge on any atom is 0.191 e. The van der Waals surface area contributed by atoms with Gasteiger partial charge in [0.15, 0.2) is 5.96 Å². The first-order valence-corrected chi connectivity index (χ1v) is 10.9. The molecule has 1 atom stereocenters. The van der Waals surface area contributed by atoms with Crippen LogP contribution in [0, 0.1) is 5.82 Å². The predicted molar refractivity (Wildman–Crippen MR) is 137 cm³/mol. The summed E-state index contributed by atoms with van der Waals surface area (Å²) in [6.07, 6.45) is 2.41. The summed E-state index contributed by atoms with van der Waals surface area (Å²) in [5, 5.41) is 16.0. The van der Waals surface area contributed by atoms with Gasteiger partial charge in [0.05, 0.1) is 26.3 Å². The summed E-state index contributed by atoms with van der Waals surface area (Å²) in [4.78, 5) is 7.15. The zero-order chi connectivity index (χ0) is 22.1. The van der Waals surface area contributed by atoms with Crippen molar-refractivity contribution < 1.29 is 14.2 Å². The van der Waals surface area contributed by atoms with Crippen molar-refractivity contribution in [3.05, 3.63) is 65.0 Å². The highest BCUT2D eigenvalue weighted by Gasteiger charge is 2.26. The van der Waals surface area contributed by atoms with Gasteiger partial charge in [0, 0.05) is 24.2 Å². The predicted octanol–water partition coefficient (Wildman–Crippen LogP) is 3.84. The number of nitrogens with zero attached hydrogens (tertiary/aromatic N) is 2. The Bertz CT molecular complexity index is 875. The lowest BCUT2D eigenvalue weighted by molar-refractivity contribution is 0.239. The van der Waals surface area contributed by atoms with Gasteiger partial charge in [0.1, 0.15) is 11.6 Å². The van der Waals surface area contributed by atoms with Gasteiger partial charge < -0.3 is 20.5 Å². The first-order valence-electron chi connectivity index (χ1n) is 10.9. The van der Waals surface area contributed by atoms with Crippen LogP contribution in [0.1, 0.15) is 42.5 Å². The molecule has 0 bridgehead atoms. The van der Waals surface area contributed by atoms with Crippen molar-refractivity contribution in [3.63, 3.8) is 0 Å². The van der Waals surface area contributed by atoms with Gasteiger partial charge in [-0.05, 0) is 56.6 Å². The zero-order valence-corrected chi connectivity index (χ0v) is 21.1. The Balaban J connectivity index is 0.00000363. The van der Waals surface area contributed by atoms with Crippen LogP contribution in [0.25, 0.3) is 0 Å². The molecule has 1 aliphatic heterocycles. The van der Waals surface area contributed by atoms with Crippen LogP contribution in [0.3, 0.4) is 0 Å². The monoisotopic (exact) mass is 556 g/mol. The van der Waals surface area contributed by atoms with Gasteiger partial charge in [-0.25, -0.2) is 9.38 Å². The molecule has 6 nitrogen and oxygen atoms in total. The van der Waals surface area contributed by atoms with Crippen LogP contribution < -0.4 is 15.4 Å². The van der Waals surface area contributed by atoms with E-state index in [9.17, 15) is 9.50 Å². The van der Waals surface area contributed by atoms with E-state index in [1.54, 1.807) is 19.2 Å². The molecular formula is C24H34FIN4O2. The lowest BCUT2D eigenvalue weighted by atomic mass is 10.0. The van der Waals surface area contributed by atoms with Crippen molar-refractivity contribution in [1.29, 1.82) is 0 Å². The first-order chi connectivity index (χ1) is 15.2. The van der Waals surface area contributed by atoms with Crippen molar-refractivity contribution in [2.45, 2.75) is 39.0 Å². The number of methoxy groups -OCH3 is 1. The fraction of sp³-hybridized carbons (Fsp3) is 0.458. The minimum Gasteiger partial charge on any atom is -0.496 e. The number of aliphatic imine (C=N–C) groups is 1. The summed E-state index contributed by atoms with van der Waals surface area (Å²) in [6.45, 7) is 5.66. The molecule has 1 heterocycles. The number of likely N-dealkylation sites (tertiary alicyclic amines) is 1. The molecule has 0 amide bonds. The maximum atomic E-state index is 13.6. The average molecular weight is 556 g/mol. The molecule has 1 fully saturated rings. The van der Waals surface area contributed by atoms with E-state index in [-0.39, 0.29) is 42.2 Å². The highest BCUT2D eigenvalue weighted by Crippen LogP contribution is 2.31. The fourth-order valence-corrected chi connectivity index (χ4v) is 3.98. The van der Waals surface area contributed by atoms with Crippen molar-refractivity contribution in [3.8, 4) is 5.75 Å². The highest BCUT2D eigenvalue weighted by atomic mass is 127. The average Bonchev–Trinajstić information content (AvgIpc) is 3.33. The molecule has 0 aliphatic carbocycles. The fourth-order valence-electron chi connectivity index (χ4n) is 3.98. The number of hydrogen-bond acceptors (Lipinski definition) is 4. The van der Waals surface area contributed by atoms with Crippen LogP contribution in [0.5, 0.6) is 5.75 Å². The normalized spacial score (nSPS) is 15.2.